The summed E-state index contributed by atoms with van der Waals surface area (Å²) in [6.07, 6.45) is 15.3. The number of aliphatic carboxylic acids is 1. The van der Waals surface area contributed by atoms with Crippen LogP contribution in [0.5, 0.6) is 0 Å². The van der Waals surface area contributed by atoms with E-state index in [9.17, 15) is 9.90 Å². The molecule has 3 rings (SSSR count). The first-order valence-corrected chi connectivity index (χ1v) is 13.9. The molecule has 3 fully saturated rings. The standard InChI is InChI=1S/C25H41IO6/c1-2-3-4-8-17(31-25-11-5-6-14-30-25)12-13-18-19-15-23(32-22(19)16-21(18)27)20(26)9-7-10-24(28)29/h12-13,17-23,25,27H,2-11,14-16H2,1H3,(H,28,29)/b13-12+/t17-,18+,19+,20?,21+,22+,23?,25?/m0/s1. The lowest BCUT2D eigenvalue weighted by Crippen LogP contribution is -2.27. The first kappa shape index (κ1) is 26.4. The lowest BCUT2D eigenvalue weighted by atomic mass is 9.89. The van der Waals surface area contributed by atoms with Crippen molar-refractivity contribution < 1.29 is 29.2 Å². The van der Waals surface area contributed by atoms with Crippen LogP contribution in [-0.2, 0) is 19.0 Å². The van der Waals surface area contributed by atoms with E-state index in [1.54, 1.807) is 0 Å². The first-order valence-electron chi connectivity index (χ1n) is 12.6. The van der Waals surface area contributed by atoms with E-state index in [1.807, 2.05) is 0 Å². The van der Waals surface area contributed by atoms with E-state index in [1.165, 1.54) is 12.8 Å². The van der Waals surface area contributed by atoms with Crippen molar-refractivity contribution >= 4 is 28.6 Å². The van der Waals surface area contributed by atoms with Crippen LogP contribution in [0.4, 0.5) is 0 Å². The summed E-state index contributed by atoms with van der Waals surface area (Å²) in [5.74, 6) is -0.317. The topological polar surface area (TPSA) is 85.2 Å². The Morgan fingerprint density at radius 3 is 2.78 bits per heavy atom. The van der Waals surface area contributed by atoms with Crippen molar-refractivity contribution in [2.75, 3.05) is 6.61 Å². The number of hydrogen-bond acceptors (Lipinski definition) is 5. The number of carboxylic acid groups (broad SMARTS) is 1. The monoisotopic (exact) mass is 564 g/mol. The first-order chi connectivity index (χ1) is 15.5. The fourth-order valence-electron chi connectivity index (χ4n) is 5.33. The second-order valence-corrected chi connectivity index (χ2v) is 11.2. The van der Waals surface area contributed by atoms with Crippen LogP contribution in [-0.4, -0.2) is 57.4 Å². The van der Waals surface area contributed by atoms with Gasteiger partial charge in [-0.25, -0.2) is 0 Å². The number of aliphatic hydroxyl groups is 1. The van der Waals surface area contributed by atoms with Gasteiger partial charge in [-0.1, -0.05) is 60.9 Å². The predicted octanol–water partition coefficient (Wildman–Crippen LogP) is 5.25. The molecule has 32 heavy (non-hydrogen) atoms. The van der Waals surface area contributed by atoms with Crippen molar-refractivity contribution in [3.63, 3.8) is 0 Å². The molecule has 0 radical (unpaired) electrons. The number of carbonyl (C=O) groups is 1. The molecule has 2 heterocycles. The molecule has 3 unspecified atom stereocenters. The summed E-state index contributed by atoms with van der Waals surface area (Å²) in [5.41, 5.74) is 0. The number of unbranched alkanes of at least 4 members (excludes halogenated alkanes) is 2. The van der Waals surface area contributed by atoms with Crippen molar-refractivity contribution in [2.24, 2.45) is 11.8 Å². The zero-order chi connectivity index (χ0) is 22.9. The Morgan fingerprint density at radius 2 is 2.06 bits per heavy atom. The number of fused-ring (bicyclic) bond motifs is 1. The van der Waals surface area contributed by atoms with Gasteiger partial charge in [0.1, 0.15) is 0 Å². The Hall–Kier alpha value is -0.220. The smallest absolute Gasteiger partial charge is 0.303 e. The molecular weight excluding hydrogens is 523 g/mol. The zero-order valence-corrected chi connectivity index (χ0v) is 21.5. The molecule has 0 amide bonds. The summed E-state index contributed by atoms with van der Waals surface area (Å²) in [4.78, 5) is 10.8. The van der Waals surface area contributed by atoms with Crippen LogP contribution in [0.2, 0.25) is 0 Å². The molecule has 6 nitrogen and oxygen atoms in total. The molecule has 2 N–H and O–H groups in total. The van der Waals surface area contributed by atoms with Crippen molar-refractivity contribution in [2.45, 2.75) is 119 Å². The minimum Gasteiger partial charge on any atom is -0.481 e. The second-order valence-electron chi connectivity index (χ2n) is 9.65. The summed E-state index contributed by atoms with van der Waals surface area (Å²) in [6.45, 7) is 2.99. The van der Waals surface area contributed by atoms with Gasteiger partial charge in [0, 0.05) is 29.3 Å². The SMILES string of the molecule is CCCCC[C@@H](/C=C/[C@@H]1[C@H]2CC(C(I)CCCC(=O)O)O[C@@H]2C[C@H]1O)OC1CCCCO1. The average Bonchev–Trinajstić information content (AvgIpc) is 3.30. The Morgan fingerprint density at radius 1 is 1.22 bits per heavy atom. The Balaban J connectivity index is 1.55. The van der Waals surface area contributed by atoms with Crippen molar-refractivity contribution in [3.8, 4) is 0 Å². The average molecular weight is 565 g/mol. The predicted molar refractivity (Wildman–Crippen MR) is 132 cm³/mol. The van der Waals surface area contributed by atoms with Gasteiger partial charge in [0.05, 0.1) is 24.4 Å². The molecule has 0 aromatic rings. The highest BCUT2D eigenvalue weighted by atomic mass is 127. The molecule has 0 spiro atoms. The maximum absolute atomic E-state index is 10.8. The minimum absolute atomic E-state index is 0.0300. The van der Waals surface area contributed by atoms with Crippen LogP contribution in [0.15, 0.2) is 12.2 Å². The Kier molecular flexibility index (Phi) is 11.2. The second kappa shape index (κ2) is 13.6. The van der Waals surface area contributed by atoms with Crippen LogP contribution >= 0.6 is 22.6 Å². The van der Waals surface area contributed by atoms with Gasteiger partial charge in [0.25, 0.3) is 0 Å². The normalized spacial score (nSPS) is 34.6. The van der Waals surface area contributed by atoms with Crippen LogP contribution in [0.25, 0.3) is 0 Å². The number of alkyl halides is 1. The van der Waals surface area contributed by atoms with E-state index in [0.29, 0.717) is 22.7 Å². The number of carboxylic acids is 1. The van der Waals surface area contributed by atoms with E-state index in [2.05, 4.69) is 41.7 Å². The zero-order valence-electron chi connectivity index (χ0n) is 19.4. The quantitative estimate of drug-likeness (QED) is 0.138. The van der Waals surface area contributed by atoms with Gasteiger partial charge < -0.3 is 24.4 Å². The van der Waals surface area contributed by atoms with E-state index >= 15 is 0 Å². The van der Waals surface area contributed by atoms with Crippen molar-refractivity contribution in [1.29, 1.82) is 0 Å². The maximum Gasteiger partial charge on any atom is 0.303 e. The van der Waals surface area contributed by atoms with Crippen LogP contribution in [0.1, 0.15) is 84.0 Å². The van der Waals surface area contributed by atoms with Gasteiger partial charge >= 0.3 is 5.97 Å². The third kappa shape index (κ3) is 7.93. The molecule has 8 atom stereocenters. The molecule has 2 saturated heterocycles. The molecule has 0 aromatic carbocycles. The fourth-order valence-corrected chi connectivity index (χ4v) is 6.23. The number of ether oxygens (including phenoxy) is 3. The Labute approximate surface area is 206 Å². The van der Waals surface area contributed by atoms with Crippen LogP contribution in [0.3, 0.4) is 0 Å². The largest absolute Gasteiger partial charge is 0.481 e. The third-order valence-electron chi connectivity index (χ3n) is 7.12. The molecule has 1 saturated carbocycles. The molecule has 184 valence electrons. The van der Waals surface area contributed by atoms with E-state index in [0.717, 1.165) is 51.6 Å². The molecule has 3 aliphatic rings. The highest BCUT2D eigenvalue weighted by molar-refractivity contribution is 14.1. The number of aliphatic hydroxyl groups excluding tert-OH is 1. The van der Waals surface area contributed by atoms with Gasteiger partial charge in [0.15, 0.2) is 6.29 Å². The van der Waals surface area contributed by atoms with Gasteiger partial charge in [-0.2, -0.15) is 0 Å². The third-order valence-corrected chi connectivity index (χ3v) is 8.55. The lowest BCUT2D eigenvalue weighted by Gasteiger charge is -2.27. The Bertz CT molecular complexity index is 593. The molecule has 2 aliphatic heterocycles. The fraction of sp³-hybridized carbons (Fsp3) is 0.880. The summed E-state index contributed by atoms with van der Waals surface area (Å²) in [5, 5.41) is 19.6. The van der Waals surface area contributed by atoms with Gasteiger partial charge in [0.2, 0.25) is 0 Å². The maximum atomic E-state index is 10.8. The van der Waals surface area contributed by atoms with Crippen LogP contribution < -0.4 is 0 Å². The van der Waals surface area contributed by atoms with E-state index in [4.69, 9.17) is 19.3 Å². The van der Waals surface area contributed by atoms with Gasteiger partial charge in [-0.05, 0) is 50.9 Å². The lowest BCUT2D eigenvalue weighted by molar-refractivity contribution is -0.179. The minimum atomic E-state index is -0.736. The molecule has 0 bridgehead atoms. The number of halogens is 1. The van der Waals surface area contributed by atoms with Gasteiger partial charge in [-0.15, -0.1) is 0 Å². The van der Waals surface area contributed by atoms with E-state index < -0.39 is 5.97 Å². The highest BCUT2D eigenvalue weighted by Gasteiger charge is 2.49. The van der Waals surface area contributed by atoms with E-state index in [-0.39, 0.29) is 43.0 Å². The number of rotatable bonds is 13. The number of hydrogen-bond donors (Lipinski definition) is 2. The summed E-state index contributed by atoms with van der Waals surface area (Å²) in [6, 6.07) is 0. The summed E-state index contributed by atoms with van der Waals surface area (Å²) in [7, 11) is 0. The highest BCUT2D eigenvalue weighted by Crippen LogP contribution is 2.46. The van der Waals surface area contributed by atoms with Gasteiger partial charge in [-0.3, -0.25) is 4.79 Å². The molecule has 1 aliphatic carbocycles. The summed E-state index contributed by atoms with van der Waals surface area (Å²) < 4.78 is 18.7. The van der Waals surface area contributed by atoms with Crippen molar-refractivity contribution in [1.82, 2.24) is 0 Å². The molecular formula is C25H41IO6. The van der Waals surface area contributed by atoms with Crippen molar-refractivity contribution in [3.05, 3.63) is 12.2 Å². The summed E-state index contributed by atoms with van der Waals surface area (Å²) >= 11 is 2.41. The molecule has 7 heteroatoms. The van der Waals surface area contributed by atoms with Crippen LogP contribution in [0, 0.1) is 11.8 Å². The molecule has 0 aromatic heterocycles.